The topological polar surface area (TPSA) is 52.1 Å². The van der Waals surface area contributed by atoms with Crippen molar-refractivity contribution in [2.24, 2.45) is 0 Å². The van der Waals surface area contributed by atoms with Crippen LogP contribution in [-0.4, -0.2) is 41.2 Å². The second kappa shape index (κ2) is 4.20. The molecular formula is C8H13N3O2S. The highest BCUT2D eigenvalue weighted by atomic mass is 32.1. The average Bonchev–Trinajstić information content (AvgIpc) is 2.64. The molecule has 0 spiro atoms. The quantitative estimate of drug-likeness (QED) is 0.745. The first-order valence-corrected chi connectivity index (χ1v) is 4.96. The maximum Gasteiger partial charge on any atom is 0.195 e. The van der Waals surface area contributed by atoms with E-state index in [0.29, 0.717) is 11.4 Å². The average molecular weight is 215 g/mol. The van der Waals surface area contributed by atoms with Crippen LogP contribution < -0.4 is 0 Å². The van der Waals surface area contributed by atoms with Crippen LogP contribution in [0.4, 0.5) is 0 Å². The van der Waals surface area contributed by atoms with E-state index in [9.17, 15) is 0 Å². The molecule has 0 aromatic carbocycles. The van der Waals surface area contributed by atoms with E-state index in [1.54, 1.807) is 13.4 Å². The van der Waals surface area contributed by atoms with E-state index in [1.807, 2.05) is 4.57 Å². The molecule has 1 aliphatic rings. The number of methoxy groups -OCH3 is 1. The van der Waals surface area contributed by atoms with Crippen molar-refractivity contribution in [2.75, 3.05) is 20.3 Å². The zero-order chi connectivity index (χ0) is 9.97. The SMILES string of the molecule is COC1COCCC1n1cn[nH]c1=S. The Hall–Kier alpha value is -0.720. The molecule has 2 unspecified atom stereocenters. The van der Waals surface area contributed by atoms with Crippen LogP contribution in [0, 0.1) is 4.77 Å². The van der Waals surface area contributed by atoms with E-state index in [1.165, 1.54) is 0 Å². The van der Waals surface area contributed by atoms with E-state index in [2.05, 4.69) is 10.2 Å². The van der Waals surface area contributed by atoms with Crippen molar-refractivity contribution < 1.29 is 9.47 Å². The number of hydrogen-bond acceptors (Lipinski definition) is 4. The molecular weight excluding hydrogens is 202 g/mol. The number of aromatic nitrogens is 3. The summed E-state index contributed by atoms with van der Waals surface area (Å²) in [7, 11) is 1.69. The molecule has 0 amide bonds. The number of H-pyrrole nitrogens is 1. The number of nitrogens with zero attached hydrogens (tertiary/aromatic N) is 2. The van der Waals surface area contributed by atoms with Crippen molar-refractivity contribution in [3.8, 4) is 0 Å². The first kappa shape index (κ1) is 9.82. The summed E-state index contributed by atoms with van der Waals surface area (Å²) in [5.41, 5.74) is 0. The van der Waals surface area contributed by atoms with Crippen LogP contribution in [0.2, 0.25) is 0 Å². The fraction of sp³-hybridized carbons (Fsp3) is 0.750. The summed E-state index contributed by atoms with van der Waals surface area (Å²) in [6.45, 7) is 1.37. The predicted molar refractivity (Wildman–Crippen MR) is 52.7 cm³/mol. The summed E-state index contributed by atoms with van der Waals surface area (Å²) in [6, 6.07) is 0.236. The van der Waals surface area contributed by atoms with Crippen molar-refractivity contribution in [1.82, 2.24) is 14.8 Å². The molecule has 14 heavy (non-hydrogen) atoms. The molecule has 1 aromatic rings. The Balaban J connectivity index is 2.23. The fourth-order valence-electron chi connectivity index (χ4n) is 1.74. The zero-order valence-corrected chi connectivity index (χ0v) is 8.79. The van der Waals surface area contributed by atoms with Crippen molar-refractivity contribution in [1.29, 1.82) is 0 Å². The smallest absolute Gasteiger partial charge is 0.195 e. The minimum atomic E-state index is 0.0630. The van der Waals surface area contributed by atoms with Crippen molar-refractivity contribution in [3.05, 3.63) is 11.1 Å². The van der Waals surface area contributed by atoms with Gasteiger partial charge in [-0.3, -0.25) is 5.10 Å². The van der Waals surface area contributed by atoms with E-state index in [-0.39, 0.29) is 12.1 Å². The highest BCUT2D eigenvalue weighted by molar-refractivity contribution is 7.71. The lowest BCUT2D eigenvalue weighted by atomic mass is 10.1. The monoisotopic (exact) mass is 215 g/mol. The van der Waals surface area contributed by atoms with E-state index in [0.717, 1.165) is 13.0 Å². The third-order valence-corrected chi connectivity index (χ3v) is 2.81. The molecule has 1 N–H and O–H groups in total. The Labute approximate surface area is 87.0 Å². The van der Waals surface area contributed by atoms with Crippen LogP contribution in [-0.2, 0) is 9.47 Å². The lowest BCUT2D eigenvalue weighted by Gasteiger charge is -2.30. The number of rotatable bonds is 2. The first-order valence-electron chi connectivity index (χ1n) is 4.55. The maximum absolute atomic E-state index is 5.35. The first-order chi connectivity index (χ1) is 6.83. The standard InChI is InChI=1S/C8H13N3O2S/c1-12-7-4-13-3-2-6(7)11-5-9-10-8(11)14/h5-7H,2-4H2,1H3,(H,10,14). The van der Waals surface area contributed by atoms with Crippen molar-refractivity contribution >= 4 is 12.2 Å². The molecule has 1 fully saturated rings. The molecule has 1 saturated heterocycles. The summed E-state index contributed by atoms with van der Waals surface area (Å²) in [4.78, 5) is 0. The molecule has 1 aliphatic heterocycles. The molecule has 1 aromatic heterocycles. The normalized spacial score (nSPS) is 27.8. The van der Waals surface area contributed by atoms with Crippen molar-refractivity contribution in [2.45, 2.75) is 18.6 Å². The third kappa shape index (κ3) is 1.73. The molecule has 78 valence electrons. The van der Waals surface area contributed by atoms with Gasteiger partial charge in [0.25, 0.3) is 0 Å². The van der Waals surface area contributed by atoms with Crippen LogP contribution in [0.15, 0.2) is 6.33 Å². The minimum absolute atomic E-state index is 0.0630. The van der Waals surface area contributed by atoms with Gasteiger partial charge in [0, 0.05) is 13.7 Å². The highest BCUT2D eigenvalue weighted by Gasteiger charge is 2.27. The van der Waals surface area contributed by atoms with Crippen LogP contribution in [0.25, 0.3) is 0 Å². The van der Waals surface area contributed by atoms with Gasteiger partial charge < -0.3 is 14.0 Å². The second-order valence-corrected chi connectivity index (χ2v) is 3.66. The Bertz CT molecular complexity index is 348. The van der Waals surface area contributed by atoms with Gasteiger partial charge in [0.05, 0.1) is 12.6 Å². The molecule has 0 radical (unpaired) electrons. The number of hydrogen-bond donors (Lipinski definition) is 1. The maximum atomic E-state index is 5.35. The Kier molecular flexibility index (Phi) is 2.95. The fourth-order valence-corrected chi connectivity index (χ4v) is 1.97. The van der Waals surface area contributed by atoms with Crippen LogP contribution in [0.5, 0.6) is 0 Å². The molecule has 0 bridgehead atoms. The van der Waals surface area contributed by atoms with Gasteiger partial charge in [-0.15, -0.1) is 0 Å². The van der Waals surface area contributed by atoms with Gasteiger partial charge in [-0.25, -0.2) is 0 Å². The number of ether oxygens (including phenoxy) is 2. The Morgan fingerprint density at radius 1 is 1.79 bits per heavy atom. The molecule has 0 aliphatic carbocycles. The minimum Gasteiger partial charge on any atom is -0.379 e. The van der Waals surface area contributed by atoms with Crippen LogP contribution >= 0.6 is 12.2 Å². The van der Waals surface area contributed by atoms with Crippen LogP contribution in [0.1, 0.15) is 12.5 Å². The van der Waals surface area contributed by atoms with Gasteiger partial charge in [0.1, 0.15) is 12.4 Å². The van der Waals surface area contributed by atoms with Gasteiger partial charge in [-0.1, -0.05) is 0 Å². The number of nitrogens with one attached hydrogen (secondary N) is 1. The number of aromatic amines is 1. The molecule has 2 heterocycles. The molecule has 6 heteroatoms. The third-order valence-electron chi connectivity index (χ3n) is 2.51. The zero-order valence-electron chi connectivity index (χ0n) is 7.97. The summed E-state index contributed by atoms with van der Waals surface area (Å²) in [6.07, 6.45) is 2.68. The van der Waals surface area contributed by atoms with E-state index in [4.69, 9.17) is 21.7 Å². The van der Waals surface area contributed by atoms with Gasteiger partial charge in [0.2, 0.25) is 0 Å². The molecule has 5 nitrogen and oxygen atoms in total. The lowest BCUT2D eigenvalue weighted by molar-refractivity contribution is -0.0605. The summed E-state index contributed by atoms with van der Waals surface area (Å²) in [5.74, 6) is 0. The van der Waals surface area contributed by atoms with Gasteiger partial charge in [0.15, 0.2) is 4.77 Å². The van der Waals surface area contributed by atoms with Crippen LogP contribution in [0.3, 0.4) is 0 Å². The largest absolute Gasteiger partial charge is 0.379 e. The summed E-state index contributed by atoms with van der Waals surface area (Å²) < 4.78 is 13.3. The molecule has 2 atom stereocenters. The lowest BCUT2D eigenvalue weighted by Crippen LogP contribution is -2.35. The predicted octanol–water partition coefficient (Wildman–Crippen LogP) is 0.917. The highest BCUT2D eigenvalue weighted by Crippen LogP contribution is 2.23. The van der Waals surface area contributed by atoms with Gasteiger partial charge >= 0.3 is 0 Å². The van der Waals surface area contributed by atoms with Gasteiger partial charge in [-0.2, -0.15) is 5.10 Å². The molecule has 0 saturated carbocycles. The Morgan fingerprint density at radius 2 is 2.64 bits per heavy atom. The summed E-state index contributed by atoms with van der Waals surface area (Å²) in [5, 5.41) is 6.65. The second-order valence-electron chi connectivity index (χ2n) is 3.27. The summed E-state index contributed by atoms with van der Waals surface area (Å²) >= 11 is 5.12. The van der Waals surface area contributed by atoms with E-state index >= 15 is 0 Å². The molecule has 2 rings (SSSR count). The van der Waals surface area contributed by atoms with Crippen molar-refractivity contribution in [3.63, 3.8) is 0 Å². The van der Waals surface area contributed by atoms with E-state index < -0.39 is 0 Å². The van der Waals surface area contributed by atoms with Gasteiger partial charge in [-0.05, 0) is 18.6 Å². The Morgan fingerprint density at radius 3 is 3.29 bits per heavy atom.